The monoisotopic (exact) mass is 500 g/mol. The lowest BCUT2D eigenvalue weighted by molar-refractivity contribution is 0.373. The molecule has 25 heavy (non-hydrogen) atoms. The summed E-state index contributed by atoms with van der Waals surface area (Å²) in [7, 11) is -1.24. The molecule has 0 amide bonds. The standard InChI is InChI=1S/C16H25ClN4O2S.HI/c1-3-24(22,23)13-8-19-16(18-2)21-11-9-20(10-12-21)15-7-5-4-6-14(15)17;/h4-7H,3,8-13H2,1-2H3,(H,18,19);1H. The number of hydrogen-bond acceptors (Lipinski definition) is 4. The van der Waals surface area contributed by atoms with Crippen LogP contribution < -0.4 is 10.2 Å². The average molecular weight is 501 g/mol. The number of sulfone groups is 1. The Morgan fingerprint density at radius 2 is 1.88 bits per heavy atom. The summed E-state index contributed by atoms with van der Waals surface area (Å²) in [6.45, 7) is 5.36. The Kier molecular flexibility index (Phi) is 9.29. The Bertz CT molecular complexity index is 676. The summed E-state index contributed by atoms with van der Waals surface area (Å²) < 4.78 is 23.1. The fraction of sp³-hybridized carbons (Fsp3) is 0.562. The first-order chi connectivity index (χ1) is 11.5. The molecule has 1 aliphatic rings. The smallest absolute Gasteiger partial charge is 0.193 e. The van der Waals surface area contributed by atoms with Crippen LogP contribution in [0.4, 0.5) is 5.69 Å². The number of nitrogens with one attached hydrogen (secondary N) is 1. The molecule has 0 radical (unpaired) electrons. The van der Waals surface area contributed by atoms with Crippen molar-refractivity contribution in [3.8, 4) is 0 Å². The summed E-state index contributed by atoms with van der Waals surface area (Å²) in [4.78, 5) is 8.67. The predicted octanol–water partition coefficient (Wildman–Crippen LogP) is 2.09. The second-order valence-electron chi connectivity index (χ2n) is 5.64. The van der Waals surface area contributed by atoms with E-state index >= 15 is 0 Å². The molecule has 1 aliphatic heterocycles. The van der Waals surface area contributed by atoms with Gasteiger partial charge in [0, 0.05) is 45.5 Å². The first-order valence-electron chi connectivity index (χ1n) is 8.12. The molecule has 2 rings (SSSR count). The normalized spacial score (nSPS) is 15.7. The van der Waals surface area contributed by atoms with Gasteiger partial charge in [-0.3, -0.25) is 4.99 Å². The van der Waals surface area contributed by atoms with Gasteiger partial charge in [0.1, 0.15) is 0 Å². The second kappa shape index (κ2) is 10.4. The van der Waals surface area contributed by atoms with E-state index in [0.29, 0.717) is 6.54 Å². The van der Waals surface area contributed by atoms with Crippen LogP contribution in [-0.2, 0) is 9.84 Å². The van der Waals surface area contributed by atoms with Crippen molar-refractivity contribution in [2.24, 2.45) is 4.99 Å². The lowest BCUT2D eigenvalue weighted by Gasteiger charge is -2.38. The Hall–Kier alpha value is -0.740. The van der Waals surface area contributed by atoms with Crippen LogP contribution in [0.15, 0.2) is 29.3 Å². The number of piperazine rings is 1. The minimum atomic E-state index is -2.96. The fourth-order valence-corrected chi connectivity index (χ4v) is 3.62. The molecule has 0 saturated carbocycles. The van der Waals surface area contributed by atoms with E-state index < -0.39 is 9.84 Å². The third-order valence-corrected chi connectivity index (χ3v) is 6.15. The number of nitrogens with zero attached hydrogens (tertiary/aromatic N) is 3. The van der Waals surface area contributed by atoms with Crippen molar-refractivity contribution in [1.29, 1.82) is 0 Å². The molecule has 1 aromatic carbocycles. The number of anilines is 1. The maximum atomic E-state index is 11.6. The lowest BCUT2D eigenvalue weighted by atomic mass is 10.2. The number of rotatable bonds is 5. The largest absolute Gasteiger partial charge is 0.367 e. The maximum absolute atomic E-state index is 11.6. The van der Waals surface area contributed by atoms with Gasteiger partial charge in [0.05, 0.1) is 16.5 Å². The SMILES string of the molecule is CCS(=O)(=O)CCNC(=NC)N1CCN(c2ccccc2Cl)CC1.I. The highest BCUT2D eigenvalue weighted by atomic mass is 127. The van der Waals surface area contributed by atoms with Crippen LogP contribution >= 0.6 is 35.6 Å². The number of aliphatic imine (C=N–C) groups is 1. The highest BCUT2D eigenvalue weighted by Crippen LogP contribution is 2.25. The Morgan fingerprint density at radius 1 is 1.24 bits per heavy atom. The molecule has 142 valence electrons. The van der Waals surface area contributed by atoms with Gasteiger partial charge in [0.2, 0.25) is 0 Å². The molecule has 1 heterocycles. The van der Waals surface area contributed by atoms with E-state index in [9.17, 15) is 8.42 Å². The molecule has 1 N–H and O–H groups in total. The van der Waals surface area contributed by atoms with E-state index in [4.69, 9.17) is 11.6 Å². The van der Waals surface area contributed by atoms with Gasteiger partial charge >= 0.3 is 0 Å². The fourth-order valence-electron chi connectivity index (χ4n) is 2.66. The molecule has 1 saturated heterocycles. The summed E-state index contributed by atoms with van der Waals surface area (Å²) in [5.74, 6) is 1.05. The molecule has 9 heteroatoms. The minimum Gasteiger partial charge on any atom is -0.367 e. The van der Waals surface area contributed by atoms with Crippen LogP contribution in [0.25, 0.3) is 0 Å². The van der Waals surface area contributed by atoms with E-state index in [2.05, 4.69) is 20.1 Å². The molecular weight excluding hydrogens is 475 g/mol. The second-order valence-corrected chi connectivity index (χ2v) is 8.52. The number of benzene rings is 1. The van der Waals surface area contributed by atoms with Gasteiger partial charge in [-0.1, -0.05) is 30.7 Å². The number of guanidine groups is 1. The lowest BCUT2D eigenvalue weighted by Crippen LogP contribution is -2.53. The van der Waals surface area contributed by atoms with Crippen LogP contribution in [0.5, 0.6) is 0 Å². The van der Waals surface area contributed by atoms with Gasteiger partial charge in [0.25, 0.3) is 0 Å². The number of para-hydroxylation sites is 1. The summed E-state index contributed by atoms with van der Waals surface area (Å²) in [5, 5.41) is 3.91. The van der Waals surface area contributed by atoms with Crippen LogP contribution in [0, 0.1) is 0 Å². The van der Waals surface area contributed by atoms with Crippen LogP contribution in [0.3, 0.4) is 0 Å². The van der Waals surface area contributed by atoms with Crippen molar-refractivity contribution in [2.75, 3.05) is 56.2 Å². The van der Waals surface area contributed by atoms with Crippen molar-refractivity contribution in [1.82, 2.24) is 10.2 Å². The molecule has 1 fully saturated rings. The van der Waals surface area contributed by atoms with Crippen molar-refractivity contribution in [2.45, 2.75) is 6.92 Å². The Balaban J connectivity index is 0.00000312. The molecular formula is C16H26ClIN4O2S. The van der Waals surface area contributed by atoms with Crippen LogP contribution in [-0.4, -0.2) is 70.6 Å². The molecule has 0 unspecified atom stereocenters. The molecule has 0 atom stereocenters. The van der Waals surface area contributed by atoms with Crippen LogP contribution in [0.1, 0.15) is 6.92 Å². The van der Waals surface area contributed by atoms with Gasteiger partial charge in [-0.05, 0) is 12.1 Å². The van der Waals surface area contributed by atoms with E-state index in [1.807, 2.05) is 24.3 Å². The highest BCUT2D eigenvalue weighted by molar-refractivity contribution is 14.0. The van der Waals surface area contributed by atoms with E-state index in [-0.39, 0.29) is 35.5 Å². The van der Waals surface area contributed by atoms with Crippen molar-refractivity contribution < 1.29 is 8.42 Å². The quantitative estimate of drug-likeness (QED) is 0.381. The van der Waals surface area contributed by atoms with E-state index in [0.717, 1.165) is 42.8 Å². The summed E-state index contributed by atoms with van der Waals surface area (Å²) in [5.41, 5.74) is 1.05. The summed E-state index contributed by atoms with van der Waals surface area (Å²) in [6.07, 6.45) is 0. The zero-order valence-electron chi connectivity index (χ0n) is 14.6. The summed E-state index contributed by atoms with van der Waals surface area (Å²) >= 11 is 6.26. The molecule has 0 aromatic heterocycles. The molecule has 0 bridgehead atoms. The van der Waals surface area contributed by atoms with Crippen LogP contribution in [0.2, 0.25) is 5.02 Å². The number of halogens is 2. The predicted molar refractivity (Wildman–Crippen MR) is 116 cm³/mol. The zero-order valence-corrected chi connectivity index (χ0v) is 18.5. The van der Waals surface area contributed by atoms with Crippen molar-refractivity contribution in [3.63, 3.8) is 0 Å². The first-order valence-corrected chi connectivity index (χ1v) is 10.3. The van der Waals surface area contributed by atoms with Crippen molar-refractivity contribution in [3.05, 3.63) is 29.3 Å². The summed E-state index contributed by atoms with van der Waals surface area (Å²) in [6, 6.07) is 7.85. The molecule has 6 nitrogen and oxygen atoms in total. The minimum absolute atomic E-state index is 0. The average Bonchev–Trinajstić information content (AvgIpc) is 2.59. The highest BCUT2D eigenvalue weighted by Gasteiger charge is 2.21. The van der Waals surface area contributed by atoms with Gasteiger partial charge in [0.15, 0.2) is 15.8 Å². The third kappa shape index (κ3) is 6.49. The number of hydrogen-bond donors (Lipinski definition) is 1. The Labute approximate surface area is 172 Å². The Morgan fingerprint density at radius 3 is 2.44 bits per heavy atom. The van der Waals surface area contributed by atoms with Gasteiger partial charge in [-0.25, -0.2) is 8.42 Å². The third-order valence-electron chi connectivity index (χ3n) is 4.12. The zero-order chi connectivity index (χ0) is 17.6. The molecule has 0 spiro atoms. The van der Waals surface area contributed by atoms with Crippen molar-refractivity contribution >= 4 is 57.1 Å². The maximum Gasteiger partial charge on any atom is 0.193 e. The van der Waals surface area contributed by atoms with Gasteiger partial charge < -0.3 is 15.1 Å². The van der Waals surface area contributed by atoms with Gasteiger partial charge in [-0.2, -0.15) is 0 Å². The van der Waals surface area contributed by atoms with E-state index in [1.165, 1.54) is 0 Å². The molecule has 0 aliphatic carbocycles. The topological polar surface area (TPSA) is 65.0 Å². The first kappa shape index (κ1) is 22.3. The molecule has 1 aromatic rings. The van der Waals surface area contributed by atoms with E-state index in [1.54, 1.807) is 14.0 Å². The van der Waals surface area contributed by atoms with Gasteiger partial charge in [-0.15, -0.1) is 24.0 Å².